The van der Waals surface area contributed by atoms with E-state index in [0.29, 0.717) is 33.2 Å². The molecule has 0 N–H and O–H groups in total. The first-order chi connectivity index (χ1) is 13.1. The maximum absolute atomic E-state index is 8.74. The Morgan fingerprint density at radius 3 is 2.70 bits per heavy atom. The number of hydrogen-bond acceptors (Lipinski definition) is 5. The third-order valence-electron chi connectivity index (χ3n) is 3.76. The molecule has 27 heavy (non-hydrogen) atoms. The van der Waals surface area contributed by atoms with Gasteiger partial charge in [0.05, 0.1) is 18.9 Å². The van der Waals surface area contributed by atoms with E-state index in [1.807, 2.05) is 41.0 Å². The lowest BCUT2D eigenvalue weighted by Gasteiger charge is -2.14. The van der Waals surface area contributed by atoms with Crippen molar-refractivity contribution in [3.63, 3.8) is 0 Å². The van der Waals surface area contributed by atoms with Crippen LogP contribution in [0.2, 0.25) is 10.0 Å². The molecule has 0 amide bonds. The SMILES string of the molecule is COc1ccc(Cl)cc1-n1c(SCCCC#N)nnc1-c1cccc(Cl)c1. The maximum atomic E-state index is 8.74. The number of benzene rings is 2. The Hall–Kier alpha value is -2.20. The van der Waals surface area contributed by atoms with Gasteiger partial charge < -0.3 is 4.74 Å². The summed E-state index contributed by atoms with van der Waals surface area (Å²) >= 11 is 13.9. The van der Waals surface area contributed by atoms with E-state index < -0.39 is 0 Å². The van der Waals surface area contributed by atoms with E-state index in [0.717, 1.165) is 23.4 Å². The van der Waals surface area contributed by atoms with Gasteiger partial charge in [0, 0.05) is 27.8 Å². The zero-order valence-corrected chi connectivity index (χ0v) is 16.9. The van der Waals surface area contributed by atoms with E-state index in [-0.39, 0.29) is 0 Å². The molecule has 138 valence electrons. The second-order valence-electron chi connectivity index (χ2n) is 5.58. The lowest BCUT2D eigenvalue weighted by molar-refractivity contribution is 0.412. The van der Waals surface area contributed by atoms with Gasteiger partial charge in [0.1, 0.15) is 5.75 Å². The van der Waals surface area contributed by atoms with Crippen LogP contribution in [-0.4, -0.2) is 27.6 Å². The van der Waals surface area contributed by atoms with Crippen LogP contribution in [0.4, 0.5) is 0 Å². The molecule has 0 aliphatic rings. The standard InChI is InChI=1S/C19H16Cl2N4OS/c1-26-17-8-7-15(21)12-16(17)25-18(13-5-4-6-14(20)11-13)23-24-19(25)27-10-3-2-9-22/h4-8,11-12H,2-3,10H2,1H3. The summed E-state index contributed by atoms with van der Waals surface area (Å²) in [5.74, 6) is 2.05. The second-order valence-corrected chi connectivity index (χ2v) is 7.51. The zero-order chi connectivity index (χ0) is 19.2. The molecule has 5 nitrogen and oxygen atoms in total. The van der Waals surface area contributed by atoms with Crippen molar-refractivity contribution < 1.29 is 4.74 Å². The van der Waals surface area contributed by atoms with Crippen molar-refractivity contribution in [3.05, 3.63) is 52.5 Å². The Bertz CT molecular complexity index is 984. The van der Waals surface area contributed by atoms with Gasteiger partial charge in [0.15, 0.2) is 11.0 Å². The molecule has 3 rings (SSSR count). The number of thioether (sulfide) groups is 1. The van der Waals surface area contributed by atoms with E-state index in [1.165, 1.54) is 11.8 Å². The molecule has 0 bridgehead atoms. The predicted octanol–water partition coefficient (Wildman–Crippen LogP) is 5.65. The quantitative estimate of drug-likeness (QED) is 0.366. The number of rotatable bonds is 7. The molecule has 0 unspecified atom stereocenters. The number of nitrogens with zero attached hydrogens (tertiary/aromatic N) is 4. The largest absolute Gasteiger partial charge is 0.495 e. The molecule has 1 aromatic heterocycles. The zero-order valence-electron chi connectivity index (χ0n) is 14.5. The van der Waals surface area contributed by atoms with Crippen LogP contribution in [0, 0.1) is 11.3 Å². The molecule has 0 fully saturated rings. The summed E-state index contributed by atoms with van der Waals surface area (Å²) in [5.41, 5.74) is 1.58. The molecule has 1 heterocycles. The lowest BCUT2D eigenvalue weighted by Crippen LogP contribution is -2.03. The van der Waals surface area contributed by atoms with Gasteiger partial charge in [-0.3, -0.25) is 4.57 Å². The number of methoxy groups -OCH3 is 1. The Kier molecular flexibility index (Phi) is 6.62. The first-order valence-electron chi connectivity index (χ1n) is 8.19. The molecule has 0 spiro atoms. The normalized spacial score (nSPS) is 10.6. The third-order valence-corrected chi connectivity index (χ3v) is 5.25. The van der Waals surface area contributed by atoms with Crippen molar-refractivity contribution in [1.82, 2.24) is 14.8 Å². The highest BCUT2D eigenvalue weighted by molar-refractivity contribution is 7.99. The Labute approximate surface area is 171 Å². The van der Waals surface area contributed by atoms with Crippen LogP contribution in [-0.2, 0) is 0 Å². The maximum Gasteiger partial charge on any atom is 0.196 e. The van der Waals surface area contributed by atoms with Gasteiger partial charge in [-0.25, -0.2) is 0 Å². The molecule has 0 radical (unpaired) electrons. The van der Waals surface area contributed by atoms with Crippen molar-refractivity contribution in [2.24, 2.45) is 0 Å². The molecule has 0 atom stereocenters. The summed E-state index contributed by atoms with van der Waals surface area (Å²) in [6, 6.07) is 15.0. The van der Waals surface area contributed by atoms with Gasteiger partial charge in [-0.15, -0.1) is 10.2 Å². The number of unbranched alkanes of at least 4 members (excludes halogenated alkanes) is 1. The van der Waals surface area contributed by atoms with Crippen LogP contribution in [0.15, 0.2) is 47.6 Å². The minimum Gasteiger partial charge on any atom is -0.495 e. The van der Waals surface area contributed by atoms with Crippen LogP contribution >= 0.6 is 35.0 Å². The molecule has 8 heteroatoms. The van der Waals surface area contributed by atoms with E-state index in [2.05, 4.69) is 16.3 Å². The van der Waals surface area contributed by atoms with Gasteiger partial charge in [0.25, 0.3) is 0 Å². The molecule has 0 saturated carbocycles. The van der Waals surface area contributed by atoms with Crippen molar-refractivity contribution in [3.8, 4) is 28.9 Å². The summed E-state index contributed by atoms with van der Waals surface area (Å²) in [5, 5.41) is 19.4. The Morgan fingerprint density at radius 2 is 1.96 bits per heavy atom. The Morgan fingerprint density at radius 1 is 1.15 bits per heavy atom. The van der Waals surface area contributed by atoms with Gasteiger partial charge in [-0.1, -0.05) is 47.1 Å². The van der Waals surface area contributed by atoms with Crippen LogP contribution in [0.3, 0.4) is 0 Å². The highest BCUT2D eigenvalue weighted by Gasteiger charge is 2.19. The van der Waals surface area contributed by atoms with E-state index in [1.54, 1.807) is 13.2 Å². The molecule has 0 aliphatic carbocycles. The molecule has 2 aromatic carbocycles. The lowest BCUT2D eigenvalue weighted by atomic mass is 10.2. The Balaban J connectivity index is 2.12. The van der Waals surface area contributed by atoms with Gasteiger partial charge >= 0.3 is 0 Å². The summed E-state index contributed by atoms with van der Waals surface area (Å²) in [4.78, 5) is 0. The fourth-order valence-electron chi connectivity index (χ4n) is 2.55. The molecule has 0 saturated heterocycles. The molecular weight excluding hydrogens is 403 g/mol. The van der Waals surface area contributed by atoms with Crippen molar-refractivity contribution in [1.29, 1.82) is 5.26 Å². The summed E-state index contributed by atoms with van der Waals surface area (Å²) in [6.07, 6.45) is 1.27. The van der Waals surface area contributed by atoms with Gasteiger partial charge in [-0.05, 0) is 36.8 Å². The first kappa shape index (κ1) is 19.6. The van der Waals surface area contributed by atoms with E-state index in [9.17, 15) is 0 Å². The predicted molar refractivity (Wildman–Crippen MR) is 109 cm³/mol. The fraction of sp³-hybridized carbons (Fsp3) is 0.211. The number of nitriles is 1. The van der Waals surface area contributed by atoms with E-state index in [4.69, 9.17) is 33.2 Å². The number of ether oxygens (including phenoxy) is 1. The van der Waals surface area contributed by atoms with Crippen LogP contribution in [0.5, 0.6) is 5.75 Å². The second kappa shape index (κ2) is 9.14. The average Bonchev–Trinajstić information content (AvgIpc) is 3.09. The van der Waals surface area contributed by atoms with Crippen LogP contribution in [0.25, 0.3) is 17.1 Å². The monoisotopic (exact) mass is 418 g/mol. The topological polar surface area (TPSA) is 63.7 Å². The highest BCUT2D eigenvalue weighted by Crippen LogP contribution is 2.34. The summed E-state index contributed by atoms with van der Waals surface area (Å²) in [6.45, 7) is 0. The summed E-state index contributed by atoms with van der Waals surface area (Å²) in [7, 11) is 1.61. The van der Waals surface area contributed by atoms with Crippen molar-refractivity contribution in [2.45, 2.75) is 18.0 Å². The number of aromatic nitrogens is 3. The summed E-state index contributed by atoms with van der Waals surface area (Å²) < 4.78 is 7.43. The highest BCUT2D eigenvalue weighted by atomic mass is 35.5. The molecular formula is C19H16Cl2N4OS. The van der Waals surface area contributed by atoms with Crippen molar-refractivity contribution in [2.75, 3.05) is 12.9 Å². The van der Waals surface area contributed by atoms with Crippen LogP contribution < -0.4 is 4.74 Å². The van der Waals surface area contributed by atoms with Gasteiger partial charge in [0.2, 0.25) is 0 Å². The van der Waals surface area contributed by atoms with Crippen molar-refractivity contribution >= 4 is 35.0 Å². The number of hydrogen-bond donors (Lipinski definition) is 0. The minimum atomic E-state index is 0.503. The fourth-order valence-corrected chi connectivity index (χ4v) is 3.79. The molecule has 0 aliphatic heterocycles. The average molecular weight is 419 g/mol. The van der Waals surface area contributed by atoms with E-state index >= 15 is 0 Å². The van der Waals surface area contributed by atoms with Gasteiger partial charge in [-0.2, -0.15) is 5.26 Å². The minimum absolute atomic E-state index is 0.503. The molecule has 3 aromatic rings. The third kappa shape index (κ3) is 4.56. The first-order valence-corrected chi connectivity index (χ1v) is 9.93. The number of halogens is 2. The van der Waals surface area contributed by atoms with Crippen LogP contribution in [0.1, 0.15) is 12.8 Å². The smallest absolute Gasteiger partial charge is 0.196 e.